The van der Waals surface area contributed by atoms with Crippen LogP contribution in [0.4, 0.5) is 0 Å². The number of thiophene rings is 1. The molecule has 0 N–H and O–H groups in total. The topological polar surface area (TPSA) is 7.76 Å². The lowest BCUT2D eigenvalue weighted by Gasteiger charge is -2.14. The van der Waals surface area contributed by atoms with Gasteiger partial charge >= 0.3 is 0 Å². The van der Waals surface area contributed by atoms with E-state index in [1.165, 1.54) is 64.9 Å². The van der Waals surface area contributed by atoms with Crippen LogP contribution in [0.15, 0.2) is 97.3 Å². The van der Waals surface area contributed by atoms with Gasteiger partial charge in [-0.3, -0.25) is 0 Å². The van der Waals surface area contributed by atoms with Crippen molar-refractivity contribution in [2.75, 3.05) is 0 Å². The van der Waals surface area contributed by atoms with E-state index < -0.39 is 0 Å². The SMILES string of the molecule is Cc1c(CCCc2cc3c(sc4ccccc43)c(-c3cccc[n+]3C)c2C)cccc1-c1cccc[n+]1C. The van der Waals surface area contributed by atoms with Crippen molar-refractivity contribution in [1.82, 2.24) is 0 Å². The minimum absolute atomic E-state index is 1.07. The Morgan fingerprint density at radius 3 is 2.08 bits per heavy atom. The highest BCUT2D eigenvalue weighted by Crippen LogP contribution is 2.42. The first-order chi connectivity index (χ1) is 18.5. The van der Waals surface area contributed by atoms with E-state index in [4.69, 9.17) is 0 Å². The Hall–Kier alpha value is -3.82. The third-order valence-corrected chi connectivity index (χ3v) is 9.22. The van der Waals surface area contributed by atoms with Crippen LogP contribution < -0.4 is 9.13 Å². The van der Waals surface area contributed by atoms with Gasteiger partial charge in [-0.05, 0) is 85.7 Å². The van der Waals surface area contributed by atoms with E-state index in [1.807, 2.05) is 11.3 Å². The maximum absolute atomic E-state index is 2.48. The molecule has 0 aliphatic carbocycles. The van der Waals surface area contributed by atoms with Crippen LogP contribution in [0, 0.1) is 13.8 Å². The van der Waals surface area contributed by atoms with E-state index >= 15 is 0 Å². The van der Waals surface area contributed by atoms with Gasteiger partial charge in [0.1, 0.15) is 14.1 Å². The van der Waals surface area contributed by atoms with Gasteiger partial charge in [0.05, 0.1) is 5.56 Å². The molecule has 188 valence electrons. The third-order valence-electron chi connectivity index (χ3n) is 8.02. The molecule has 0 fully saturated rings. The first-order valence-electron chi connectivity index (χ1n) is 13.4. The van der Waals surface area contributed by atoms with Crippen molar-refractivity contribution in [3.63, 3.8) is 0 Å². The summed E-state index contributed by atoms with van der Waals surface area (Å²) in [6, 6.07) is 31.0. The summed E-state index contributed by atoms with van der Waals surface area (Å²) in [5.74, 6) is 0. The minimum atomic E-state index is 1.07. The smallest absolute Gasteiger partial charge is 0.201 e. The summed E-state index contributed by atoms with van der Waals surface area (Å²) in [7, 11) is 4.28. The number of aryl methyl sites for hydroxylation is 4. The largest absolute Gasteiger partial charge is 0.213 e. The van der Waals surface area contributed by atoms with Gasteiger partial charge in [-0.2, -0.15) is 0 Å². The molecule has 0 aliphatic rings. The number of aromatic nitrogens is 2. The van der Waals surface area contributed by atoms with Gasteiger partial charge < -0.3 is 0 Å². The molecule has 6 aromatic rings. The minimum Gasteiger partial charge on any atom is -0.201 e. The summed E-state index contributed by atoms with van der Waals surface area (Å²) >= 11 is 1.92. The highest BCUT2D eigenvalue weighted by molar-refractivity contribution is 7.26. The molecule has 0 spiro atoms. The maximum atomic E-state index is 2.48. The Labute approximate surface area is 229 Å². The molecule has 6 rings (SSSR count). The van der Waals surface area contributed by atoms with Crippen LogP contribution in [0.3, 0.4) is 0 Å². The second-order valence-corrected chi connectivity index (χ2v) is 11.4. The predicted molar refractivity (Wildman–Crippen MR) is 160 cm³/mol. The number of fused-ring (bicyclic) bond motifs is 3. The van der Waals surface area contributed by atoms with Gasteiger partial charge in [0.25, 0.3) is 0 Å². The molecule has 0 bridgehead atoms. The number of rotatable bonds is 6. The van der Waals surface area contributed by atoms with Gasteiger partial charge in [0.15, 0.2) is 12.4 Å². The quantitative estimate of drug-likeness (QED) is 0.200. The molecule has 0 amide bonds. The van der Waals surface area contributed by atoms with Gasteiger partial charge in [-0.25, -0.2) is 9.13 Å². The second kappa shape index (κ2) is 10.2. The fourth-order valence-electron chi connectivity index (χ4n) is 5.86. The summed E-state index contributed by atoms with van der Waals surface area (Å²) in [5, 5.41) is 2.76. The van der Waals surface area contributed by atoms with Gasteiger partial charge in [-0.15, -0.1) is 11.3 Å². The summed E-state index contributed by atoms with van der Waals surface area (Å²) in [6.07, 6.45) is 7.55. The van der Waals surface area contributed by atoms with Crippen molar-refractivity contribution >= 4 is 31.5 Å². The monoisotopic (exact) mass is 514 g/mol. The molecule has 3 aromatic heterocycles. The van der Waals surface area contributed by atoms with Gasteiger partial charge in [0.2, 0.25) is 11.4 Å². The zero-order chi connectivity index (χ0) is 26.2. The van der Waals surface area contributed by atoms with Crippen molar-refractivity contribution in [2.45, 2.75) is 33.1 Å². The standard InChI is InChI=1S/C35H34N2S/c1-24-26(14-12-17-28(24)31-18-7-9-21-36(31)3)13-11-15-27-23-30-29-16-5-6-20-33(29)38-35(30)34(25(27)2)32-19-8-10-22-37(32)4/h5-10,12,14,16-23H,11,13,15H2,1-4H3/q+2. The van der Waals surface area contributed by atoms with Crippen LogP contribution in [0.2, 0.25) is 0 Å². The Balaban J connectivity index is 1.37. The zero-order valence-electron chi connectivity index (χ0n) is 22.7. The van der Waals surface area contributed by atoms with Crippen LogP contribution in [-0.2, 0) is 26.9 Å². The van der Waals surface area contributed by atoms with Gasteiger partial charge in [0, 0.05) is 50.0 Å². The number of hydrogen-bond donors (Lipinski definition) is 0. The van der Waals surface area contributed by atoms with Gasteiger partial charge in [-0.1, -0.05) is 30.3 Å². The second-order valence-electron chi connectivity index (χ2n) is 10.3. The van der Waals surface area contributed by atoms with Crippen LogP contribution in [0.1, 0.15) is 28.7 Å². The van der Waals surface area contributed by atoms with E-state index in [-0.39, 0.29) is 0 Å². The molecule has 0 saturated heterocycles. The molecule has 0 aliphatic heterocycles. The van der Waals surface area contributed by atoms with E-state index in [0.717, 1.165) is 19.3 Å². The van der Waals surface area contributed by atoms with Crippen molar-refractivity contribution in [1.29, 1.82) is 0 Å². The highest BCUT2D eigenvalue weighted by atomic mass is 32.1. The van der Waals surface area contributed by atoms with E-state index in [0.29, 0.717) is 0 Å². The molecule has 3 heterocycles. The van der Waals surface area contributed by atoms with E-state index in [9.17, 15) is 0 Å². The van der Waals surface area contributed by atoms with Crippen molar-refractivity contribution in [3.05, 3.63) is 120 Å². The molecule has 0 radical (unpaired) electrons. The summed E-state index contributed by atoms with van der Waals surface area (Å²) < 4.78 is 7.23. The Morgan fingerprint density at radius 1 is 0.632 bits per heavy atom. The number of nitrogens with zero attached hydrogens (tertiary/aromatic N) is 2. The molecule has 38 heavy (non-hydrogen) atoms. The van der Waals surface area contributed by atoms with Crippen molar-refractivity contribution in [2.24, 2.45) is 14.1 Å². The number of hydrogen-bond acceptors (Lipinski definition) is 1. The summed E-state index contributed by atoms with van der Waals surface area (Å²) in [5.41, 5.74) is 11.0. The average Bonchev–Trinajstić information content (AvgIpc) is 3.29. The summed E-state index contributed by atoms with van der Waals surface area (Å²) in [6.45, 7) is 4.60. The van der Waals surface area contributed by atoms with E-state index in [1.54, 1.807) is 0 Å². The lowest BCUT2D eigenvalue weighted by Crippen LogP contribution is -2.30. The van der Waals surface area contributed by atoms with Crippen LogP contribution in [0.25, 0.3) is 42.7 Å². The number of pyridine rings is 2. The molecule has 0 unspecified atom stereocenters. The average molecular weight is 515 g/mol. The first kappa shape index (κ1) is 24.5. The molecule has 3 heteroatoms. The maximum Gasteiger partial charge on any atom is 0.213 e. The highest BCUT2D eigenvalue weighted by Gasteiger charge is 2.21. The van der Waals surface area contributed by atoms with Crippen molar-refractivity contribution in [3.8, 4) is 22.5 Å². The lowest BCUT2D eigenvalue weighted by atomic mass is 9.91. The summed E-state index contributed by atoms with van der Waals surface area (Å²) in [4.78, 5) is 0. The molecule has 2 nitrogen and oxygen atoms in total. The number of benzene rings is 3. The normalized spacial score (nSPS) is 11.5. The zero-order valence-corrected chi connectivity index (χ0v) is 23.5. The molecule has 3 aromatic carbocycles. The van der Waals surface area contributed by atoms with Crippen LogP contribution in [-0.4, -0.2) is 0 Å². The molecular formula is C35H34N2S+2. The van der Waals surface area contributed by atoms with Crippen molar-refractivity contribution < 1.29 is 9.13 Å². The lowest BCUT2D eigenvalue weighted by molar-refractivity contribution is -0.660. The van der Waals surface area contributed by atoms with E-state index in [2.05, 4.69) is 134 Å². The van der Waals surface area contributed by atoms with Crippen LogP contribution >= 0.6 is 11.3 Å². The predicted octanol–water partition coefficient (Wildman–Crippen LogP) is 7.83. The van der Waals surface area contributed by atoms with Crippen LogP contribution in [0.5, 0.6) is 0 Å². The Morgan fingerprint density at radius 2 is 1.32 bits per heavy atom. The third kappa shape index (κ3) is 4.31. The Bertz CT molecular complexity index is 1790. The first-order valence-corrected chi connectivity index (χ1v) is 14.3. The fourth-order valence-corrected chi connectivity index (χ4v) is 7.16. The Kier molecular flexibility index (Phi) is 6.55. The molecule has 0 atom stereocenters. The fraction of sp³-hybridized carbons (Fsp3) is 0.200. The molecule has 0 saturated carbocycles. The molecular weight excluding hydrogens is 480 g/mol.